The number of benzene rings is 1. The molecule has 1 unspecified atom stereocenters. The molecule has 1 aromatic rings. The van der Waals surface area contributed by atoms with Gasteiger partial charge in [0.2, 0.25) is 6.08 Å². The molecule has 0 aliphatic rings. The van der Waals surface area contributed by atoms with Gasteiger partial charge in [-0.2, -0.15) is 4.99 Å². The van der Waals surface area contributed by atoms with E-state index in [-0.39, 0.29) is 6.04 Å². The van der Waals surface area contributed by atoms with Gasteiger partial charge in [-0.25, -0.2) is 4.79 Å². The van der Waals surface area contributed by atoms with Crippen LogP contribution in [0.25, 0.3) is 0 Å². The smallest absolute Gasteiger partial charge is 0.211 e. The van der Waals surface area contributed by atoms with Crippen molar-refractivity contribution in [3.05, 3.63) is 29.8 Å². The average molecular weight is 193 g/mol. The summed E-state index contributed by atoms with van der Waals surface area (Å²) in [5, 5.41) is 0. The molecule has 0 radical (unpaired) electrons. The summed E-state index contributed by atoms with van der Waals surface area (Å²) in [6, 6.07) is 7.91. The quantitative estimate of drug-likeness (QED) is 0.419. The van der Waals surface area contributed by atoms with E-state index in [1.165, 1.54) is 4.90 Å². The van der Waals surface area contributed by atoms with Gasteiger partial charge in [-0.3, -0.25) is 0 Å². The molecule has 68 valence electrons. The Bertz CT molecular complexity index is 331. The molecule has 0 amide bonds. The third-order valence-electron chi connectivity index (χ3n) is 1.82. The number of nitrogens with zero attached hydrogens (tertiary/aromatic N) is 1. The lowest BCUT2D eigenvalue weighted by Crippen LogP contribution is -1.88. The minimum absolute atomic E-state index is 0.0930. The van der Waals surface area contributed by atoms with E-state index in [9.17, 15) is 4.79 Å². The van der Waals surface area contributed by atoms with Crippen LogP contribution in [0.1, 0.15) is 18.5 Å². The molecule has 0 aliphatic heterocycles. The second-order valence-corrected chi connectivity index (χ2v) is 3.55. The maximum Gasteiger partial charge on any atom is 0.235 e. The number of carbonyl (C=O) groups excluding carboxylic acids is 1. The molecule has 1 rings (SSSR count). The standard InChI is InChI=1S/C10H11NOS/c1-8(11-7-12)9-4-3-5-10(6-9)13-2/h3-6,8H,1-2H3. The first kappa shape index (κ1) is 10.0. The maximum absolute atomic E-state index is 10.0. The van der Waals surface area contributed by atoms with Gasteiger partial charge in [0.15, 0.2) is 0 Å². The van der Waals surface area contributed by atoms with Crippen LogP contribution in [-0.2, 0) is 4.79 Å². The van der Waals surface area contributed by atoms with E-state index in [4.69, 9.17) is 0 Å². The molecule has 0 spiro atoms. The Hall–Kier alpha value is -1.05. The molecule has 0 aromatic heterocycles. The Morgan fingerprint density at radius 3 is 2.92 bits per heavy atom. The first-order chi connectivity index (χ1) is 6.27. The molecule has 0 N–H and O–H groups in total. The largest absolute Gasteiger partial charge is 0.235 e. The summed E-state index contributed by atoms with van der Waals surface area (Å²) in [6.45, 7) is 1.88. The fourth-order valence-corrected chi connectivity index (χ4v) is 1.52. The Labute approximate surface area is 82.1 Å². The molecule has 0 aliphatic carbocycles. The van der Waals surface area contributed by atoms with Crippen LogP contribution in [0.15, 0.2) is 34.2 Å². The summed E-state index contributed by atoms with van der Waals surface area (Å²) < 4.78 is 0. The van der Waals surface area contributed by atoms with Crippen molar-refractivity contribution in [1.82, 2.24) is 0 Å². The van der Waals surface area contributed by atoms with E-state index in [0.717, 1.165) is 5.56 Å². The minimum atomic E-state index is -0.0930. The number of hydrogen-bond donors (Lipinski definition) is 0. The van der Waals surface area contributed by atoms with Crippen LogP contribution >= 0.6 is 11.8 Å². The second kappa shape index (κ2) is 4.85. The summed E-state index contributed by atoms with van der Waals surface area (Å²) in [6.07, 6.45) is 3.59. The lowest BCUT2D eigenvalue weighted by Gasteiger charge is -2.05. The lowest BCUT2D eigenvalue weighted by atomic mass is 10.1. The Kier molecular flexibility index (Phi) is 3.74. The van der Waals surface area contributed by atoms with E-state index in [0.29, 0.717) is 0 Å². The van der Waals surface area contributed by atoms with Crippen molar-refractivity contribution in [2.75, 3.05) is 6.26 Å². The summed E-state index contributed by atoms with van der Waals surface area (Å²) in [5.74, 6) is 0. The molecule has 2 nitrogen and oxygen atoms in total. The number of hydrogen-bond acceptors (Lipinski definition) is 3. The maximum atomic E-state index is 10.0. The monoisotopic (exact) mass is 193 g/mol. The van der Waals surface area contributed by atoms with Crippen molar-refractivity contribution in [1.29, 1.82) is 0 Å². The number of thioether (sulfide) groups is 1. The van der Waals surface area contributed by atoms with Crippen molar-refractivity contribution in [3.63, 3.8) is 0 Å². The van der Waals surface area contributed by atoms with Crippen LogP contribution in [0, 0.1) is 0 Å². The van der Waals surface area contributed by atoms with Crippen molar-refractivity contribution in [2.45, 2.75) is 17.9 Å². The first-order valence-electron chi connectivity index (χ1n) is 3.99. The number of aliphatic imine (C=N–C) groups is 1. The van der Waals surface area contributed by atoms with E-state index >= 15 is 0 Å². The van der Waals surface area contributed by atoms with E-state index in [1.807, 2.05) is 37.4 Å². The van der Waals surface area contributed by atoms with Gasteiger partial charge in [0.25, 0.3) is 0 Å². The fourth-order valence-electron chi connectivity index (χ4n) is 1.05. The van der Waals surface area contributed by atoms with Gasteiger partial charge >= 0.3 is 0 Å². The molecule has 1 aromatic carbocycles. The molecule has 0 bridgehead atoms. The second-order valence-electron chi connectivity index (χ2n) is 2.67. The molecule has 0 saturated heterocycles. The van der Waals surface area contributed by atoms with Gasteiger partial charge < -0.3 is 0 Å². The van der Waals surface area contributed by atoms with Crippen LogP contribution in [-0.4, -0.2) is 12.3 Å². The third-order valence-corrected chi connectivity index (χ3v) is 2.55. The Balaban J connectivity index is 2.94. The highest BCUT2D eigenvalue weighted by atomic mass is 32.2. The van der Waals surface area contributed by atoms with Gasteiger partial charge in [0.1, 0.15) is 0 Å². The fraction of sp³-hybridized carbons (Fsp3) is 0.300. The highest BCUT2D eigenvalue weighted by Gasteiger charge is 2.02. The highest BCUT2D eigenvalue weighted by molar-refractivity contribution is 7.98. The predicted octanol–water partition coefficient (Wildman–Crippen LogP) is 2.81. The van der Waals surface area contributed by atoms with Gasteiger partial charge in [-0.15, -0.1) is 11.8 Å². The molecular formula is C10H11NOS. The zero-order valence-electron chi connectivity index (χ0n) is 7.65. The van der Waals surface area contributed by atoms with Crippen LogP contribution in [0.4, 0.5) is 0 Å². The predicted molar refractivity (Wildman–Crippen MR) is 54.8 cm³/mol. The average Bonchev–Trinajstić information content (AvgIpc) is 2.18. The Morgan fingerprint density at radius 2 is 2.31 bits per heavy atom. The zero-order valence-corrected chi connectivity index (χ0v) is 8.47. The molecule has 0 fully saturated rings. The molecule has 13 heavy (non-hydrogen) atoms. The van der Waals surface area contributed by atoms with Crippen molar-refractivity contribution < 1.29 is 4.79 Å². The van der Waals surface area contributed by atoms with Crippen molar-refractivity contribution >= 4 is 17.8 Å². The van der Waals surface area contributed by atoms with Crippen LogP contribution in [0.5, 0.6) is 0 Å². The SMILES string of the molecule is CSc1cccc(C(C)N=C=O)c1. The summed E-state index contributed by atoms with van der Waals surface area (Å²) in [7, 11) is 0. The number of rotatable bonds is 3. The Morgan fingerprint density at radius 1 is 1.54 bits per heavy atom. The van der Waals surface area contributed by atoms with Gasteiger partial charge in [-0.05, 0) is 30.9 Å². The minimum Gasteiger partial charge on any atom is -0.211 e. The lowest BCUT2D eigenvalue weighted by molar-refractivity contribution is 0.559. The molecular weight excluding hydrogens is 182 g/mol. The summed E-state index contributed by atoms with van der Waals surface area (Å²) >= 11 is 1.68. The van der Waals surface area contributed by atoms with E-state index < -0.39 is 0 Å². The van der Waals surface area contributed by atoms with Crippen LogP contribution < -0.4 is 0 Å². The summed E-state index contributed by atoms with van der Waals surface area (Å²) in [5.41, 5.74) is 1.05. The molecule has 1 atom stereocenters. The molecule has 0 heterocycles. The summed E-state index contributed by atoms with van der Waals surface area (Å²) in [4.78, 5) is 14.9. The van der Waals surface area contributed by atoms with Crippen molar-refractivity contribution in [2.24, 2.45) is 4.99 Å². The molecule has 3 heteroatoms. The highest BCUT2D eigenvalue weighted by Crippen LogP contribution is 2.21. The zero-order chi connectivity index (χ0) is 9.68. The van der Waals surface area contributed by atoms with Crippen molar-refractivity contribution in [3.8, 4) is 0 Å². The van der Waals surface area contributed by atoms with Gasteiger partial charge in [0, 0.05) is 4.90 Å². The van der Waals surface area contributed by atoms with Gasteiger partial charge in [0.05, 0.1) is 6.04 Å². The van der Waals surface area contributed by atoms with E-state index in [2.05, 4.69) is 4.99 Å². The van der Waals surface area contributed by atoms with Gasteiger partial charge in [-0.1, -0.05) is 12.1 Å². The molecule has 0 saturated carbocycles. The van der Waals surface area contributed by atoms with E-state index in [1.54, 1.807) is 17.8 Å². The third kappa shape index (κ3) is 2.72. The topological polar surface area (TPSA) is 29.4 Å². The van der Waals surface area contributed by atoms with Crippen LogP contribution in [0.2, 0.25) is 0 Å². The number of isocyanates is 1. The van der Waals surface area contributed by atoms with Crippen LogP contribution in [0.3, 0.4) is 0 Å². The first-order valence-corrected chi connectivity index (χ1v) is 5.21. The normalized spacial score (nSPS) is 11.8.